The second-order valence-corrected chi connectivity index (χ2v) is 9.62. The second kappa shape index (κ2) is 11.1. The number of rotatable bonds is 8. The Bertz CT molecular complexity index is 1310. The van der Waals surface area contributed by atoms with E-state index in [1.807, 2.05) is 24.5 Å². The lowest BCUT2D eigenvalue weighted by atomic mass is 10.0. The maximum atomic E-state index is 5.46. The molecule has 0 radical (unpaired) electrons. The number of nitrogens with zero attached hydrogens (tertiary/aromatic N) is 5. The molecular weight excluding hydrogens is 462 g/mol. The van der Waals surface area contributed by atoms with Crippen molar-refractivity contribution in [3.05, 3.63) is 67.0 Å². The van der Waals surface area contributed by atoms with E-state index in [0.717, 1.165) is 72.9 Å². The molecule has 0 atom stereocenters. The van der Waals surface area contributed by atoms with Crippen LogP contribution in [-0.2, 0) is 4.74 Å². The van der Waals surface area contributed by atoms with Crippen molar-refractivity contribution in [2.24, 2.45) is 0 Å². The minimum atomic E-state index is 0.576. The molecule has 0 spiro atoms. The van der Waals surface area contributed by atoms with Crippen LogP contribution in [0, 0.1) is 0 Å². The maximum Gasteiger partial charge on any atom is 0.227 e. The molecule has 0 aliphatic carbocycles. The number of anilines is 4. The summed E-state index contributed by atoms with van der Waals surface area (Å²) >= 11 is 0. The van der Waals surface area contributed by atoms with Crippen LogP contribution in [0.1, 0.15) is 12.8 Å². The lowest BCUT2D eigenvalue weighted by Crippen LogP contribution is -2.36. The van der Waals surface area contributed by atoms with Gasteiger partial charge in [0, 0.05) is 66.5 Å². The van der Waals surface area contributed by atoms with Gasteiger partial charge in [-0.2, -0.15) is 0 Å². The van der Waals surface area contributed by atoms with E-state index in [9.17, 15) is 0 Å². The number of hydrogen-bond acceptors (Lipinski definition) is 8. The Kier molecular flexibility index (Phi) is 7.10. The molecule has 6 rings (SSSR count). The number of ether oxygens (including phenoxy) is 1. The van der Waals surface area contributed by atoms with E-state index >= 15 is 0 Å². The third kappa shape index (κ3) is 5.65. The minimum absolute atomic E-state index is 0.576. The van der Waals surface area contributed by atoms with Crippen molar-refractivity contribution in [3.63, 3.8) is 0 Å². The zero-order chi connectivity index (χ0) is 24.9. The second-order valence-electron chi connectivity index (χ2n) is 9.62. The summed E-state index contributed by atoms with van der Waals surface area (Å²) in [5.74, 6) is 1.48. The number of fused-ring (bicyclic) bond motifs is 1. The molecule has 4 aromatic rings. The van der Waals surface area contributed by atoms with Gasteiger partial charge in [-0.3, -0.25) is 0 Å². The average molecular weight is 496 g/mol. The molecule has 8 heteroatoms. The number of pyridine rings is 1. The van der Waals surface area contributed by atoms with E-state index < -0.39 is 0 Å². The maximum absolute atomic E-state index is 5.46. The fourth-order valence-corrected chi connectivity index (χ4v) is 5.06. The van der Waals surface area contributed by atoms with E-state index in [1.54, 1.807) is 0 Å². The van der Waals surface area contributed by atoms with Crippen molar-refractivity contribution in [2.75, 3.05) is 68.0 Å². The van der Waals surface area contributed by atoms with Crippen LogP contribution >= 0.6 is 0 Å². The van der Waals surface area contributed by atoms with Crippen LogP contribution < -0.4 is 15.5 Å². The number of para-hydroxylation sites is 1. The monoisotopic (exact) mass is 495 g/mol. The Labute approximate surface area is 217 Å². The molecule has 0 unspecified atom stereocenters. The molecule has 4 heterocycles. The summed E-state index contributed by atoms with van der Waals surface area (Å²) in [6.07, 6.45) is 6.43. The smallest absolute Gasteiger partial charge is 0.227 e. The van der Waals surface area contributed by atoms with Crippen molar-refractivity contribution in [2.45, 2.75) is 12.8 Å². The summed E-state index contributed by atoms with van der Waals surface area (Å²) in [6, 6.07) is 18.7. The summed E-state index contributed by atoms with van der Waals surface area (Å²) in [7, 11) is 0. The molecule has 0 amide bonds. The summed E-state index contributed by atoms with van der Waals surface area (Å²) in [5.41, 5.74) is 5.15. The molecule has 2 aliphatic rings. The third-order valence-corrected chi connectivity index (χ3v) is 7.12. The fourth-order valence-electron chi connectivity index (χ4n) is 5.06. The largest absolute Gasteiger partial charge is 0.378 e. The van der Waals surface area contributed by atoms with Gasteiger partial charge in [-0.1, -0.05) is 18.2 Å². The number of hydrogen-bond donors (Lipinski definition) is 2. The van der Waals surface area contributed by atoms with Crippen LogP contribution in [0.2, 0.25) is 0 Å². The predicted octanol–water partition coefficient (Wildman–Crippen LogP) is 4.78. The van der Waals surface area contributed by atoms with E-state index in [-0.39, 0.29) is 0 Å². The Hall–Kier alpha value is -3.75. The Morgan fingerprint density at radius 2 is 1.68 bits per heavy atom. The van der Waals surface area contributed by atoms with Gasteiger partial charge in [-0.25, -0.2) is 15.0 Å². The minimum Gasteiger partial charge on any atom is -0.378 e. The van der Waals surface area contributed by atoms with Gasteiger partial charge in [0.05, 0.1) is 18.7 Å². The molecule has 8 nitrogen and oxygen atoms in total. The van der Waals surface area contributed by atoms with Gasteiger partial charge in [-0.05, 0) is 62.3 Å². The summed E-state index contributed by atoms with van der Waals surface area (Å²) in [4.78, 5) is 18.9. The summed E-state index contributed by atoms with van der Waals surface area (Å²) in [5, 5.41) is 7.81. The molecule has 190 valence electrons. The Morgan fingerprint density at radius 1 is 0.838 bits per heavy atom. The van der Waals surface area contributed by atoms with Crippen LogP contribution in [0.5, 0.6) is 0 Å². The van der Waals surface area contributed by atoms with Gasteiger partial charge < -0.3 is 25.2 Å². The third-order valence-electron chi connectivity index (χ3n) is 7.12. The molecule has 2 N–H and O–H groups in total. The van der Waals surface area contributed by atoms with Crippen LogP contribution in [-0.4, -0.2) is 72.3 Å². The molecular formula is C29H33N7O. The first kappa shape index (κ1) is 23.6. The van der Waals surface area contributed by atoms with E-state index in [0.29, 0.717) is 5.95 Å². The van der Waals surface area contributed by atoms with E-state index in [1.165, 1.54) is 31.6 Å². The van der Waals surface area contributed by atoms with Gasteiger partial charge in [0.2, 0.25) is 5.95 Å². The van der Waals surface area contributed by atoms with Crippen molar-refractivity contribution in [1.82, 2.24) is 19.9 Å². The highest BCUT2D eigenvalue weighted by atomic mass is 16.5. The molecule has 0 bridgehead atoms. The molecule has 2 aliphatic heterocycles. The van der Waals surface area contributed by atoms with Crippen molar-refractivity contribution in [1.29, 1.82) is 0 Å². The number of nitrogens with one attached hydrogen (secondary N) is 2. The number of benzene rings is 2. The average Bonchev–Trinajstić information content (AvgIpc) is 3.48. The Balaban J connectivity index is 1.16. The standard InChI is InChI=1S/C29H33N7O/c1-2-14-35(13-1)15-12-30-27-11-6-22(20-31-27)26-5-3-4-23-21-32-29(34-28(23)26)33-24-7-9-25(10-8-24)36-16-18-37-19-17-36/h3-11,20-21H,1-2,12-19H2,(H,30,31)(H,32,33,34). The van der Waals surface area contributed by atoms with Gasteiger partial charge in [-0.15, -0.1) is 0 Å². The topological polar surface area (TPSA) is 78.4 Å². The lowest BCUT2D eigenvalue weighted by Gasteiger charge is -2.28. The van der Waals surface area contributed by atoms with Gasteiger partial charge in [0.25, 0.3) is 0 Å². The molecule has 2 saturated heterocycles. The van der Waals surface area contributed by atoms with Gasteiger partial charge in [0.15, 0.2) is 0 Å². The fraction of sp³-hybridized carbons (Fsp3) is 0.345. The first-order valence-corrected chi connectivity index (χ1v) is 13.2. The highest BCUT2D eigenvalue weighted by Crippen LogP contribution is 2.29. The molecule has 2 fully saturated rings. The van der Waals surface area contributed by atoms with Gasteiger partial charge >= 0.3 is 0 Å². The van der Waals surface area contributed by atoms with Crippen molar-refractivity contribution < 1.29 is 4.74 Å². The highest BCUT2D eigenvalue weighted by molar-refractivity contribution is 5.93. The van der Waals surface area contributed by atoms with E-state index in [2.05, 4.69) is 72.9 Å². The van der Waals surface area contributed by atoms with Crippen LogP contribution in [0.25, 0.3) is 22.0 Å². The van der Waals surface area contributed by atoms with Crippen molar-refractivity contribution >= 4 is 34.0 Å². The molecule has 2 aromatic heterocycles. The zero-order valence-corrected chi connectivity index (χ0v) is 21.1. The SMILES string of the molecule is c1cc(-c2ccc(NCCN3CCCC3)nc2)c2nc(Nc3ccc(N4CCOCC4)cc3)ncc2c1. The normalized spacial score (nSPS) is 16.3. The van der Waals surface area contributed by atoms with Crippen LogP contribution in [0.3, 0.4) is 0 Å². The summed E-state index contributed by atoms with van der Waals surface area (Å²) in [6.45, 7) is 7.82. The number of morpholine rings is 1. The molecule has 2 aromatic carbocycles. The number of likely N-dealkylation sites (tertiary alicyclic amines) is 1. The van der Waals surface area contributed by atoms with E-state index in [4.69, 9.17) is 9.72 Å². The predicted molar refractivity (Wildman–Crippen MR) is 150 cm³/mol. The van der Waals surface area contributed by atoms with Crippen LogP contribution in [0.4, 0.5) is 23.1 Å². The zero-order valence-electron chi connectivity index (χ0n) is 21.1. The Morgan fingerprint density at radius 3 is 2.46 bits per heavy atom. The lowest BCUT2D eigenvalue weighted by molar-refractivity contribution is 0.122. The highest BCUT2D eigenvalue weighted by Gasteiger charge is 2.13. The molecule has 37 heavy (non-hydrogen) atoms. The van der Waals surface area contributed by atoms with Gasteiger partial charge in [0.1, 0.15) is 5.82 Å². The van der Waals surface area contributed by atoms with Crippen molar-refractivity contribution in [3.8, 4) is 11.1 Å². The first-order chi connectivity index (χ1) is 18.3. The quantitative estimate of drug-likeness (QED) is 0.362. The first-order valence-electron chi connectivity index (χ1n) is 13.2. The molecule has 0 saturated carbocycles. The summed E-state index contributed by atoms with van der Waals surface area (Å²) < 4.78 is 5.46. The van der Waals surface area contributed by atoms with Crippen LogP contribution in [0.15, 0.2) is 67.0 Å². The number of aromatic nitrogens is 3.